The smallest absolute Gasteiger partial charge is 0.261 e. The summed E-state index contributed by atoms with van der Waals surface area (Å²) in [4.78, 5) is 26.2. The zero-order chi connectivity index (χ0) is 16.6. The van der Waals surface area contributed by atoms with Crippen LogP contribution in [0.4, 0.5) is 0 Å². The maximum Gasteiger partial charge on any atom is 0.261 e. The summed E-state index contributed by atoms with van der Waals surface area (Å²) in [7, 11) is 0. The van der Waals surface area contributed by atoms with E-state index >= 15 is 0 Å². The summed E-state index contributed by atoms with van der Waals surface area (Å²) >= 11 is 2.29. The summed E-state index contributed by atoms with van der Waals surface area (Å²) in [5.41, 5.74) is 4.19. The predicted octanol–water partition coefficient (Wildman–Crippen LogP) is 4.21. The van der Waals surface area contributed by atoms with E-state index in [0.29, 0.717) is 17.7 Å². The van der Waals surface area contributed by atoms with Crippen molar-refractivity contribution in [3.05, 3.63) is 80.4 Å². The van der Waals surface area contributed by atoms with Crippen LogP contribution in [0.3, 0.4) is 0 Å². The first-order valence-electron chi connectivity index (χ1n) is 7.34. The minimum atomic E-state index is -0.217. The zero-order valence-corrected chi connectivity index (χ0v) is 15.0. The van der Waals surface area contributed by atoms with Crippen molar-refractivity contribution in [3.63, 3.8) is 0 Å². The molecule has 3 nitrogen and oxygen atoms in total. The molecule has 1 heterocycles. The van der Waals surface area contributed by atoms with Crippen LogP contribution in [0.5, 0.6) is 0 Å². The molecule has 0 aliphatic carbocycles. The molecule has 0 saturated carbocycles. The standard InChI is InChI=1S/C19H16INO2/c1-12(2)9-14-10-13(7-8-17(14)20)11-21-18(22)15-5-3-4-6-16(15)19(21)23/h3-8,10H,1,9,11H2,2H3. The normalized spacial score (nSPS) is 13.4. The third kappa shape index (κ3) is 3.08. The minimum Gasteiger partial charge on any atom is -0.270 e. The van der Waals surface area contributed by atoms with E-state index in [1.54, 1.807) is 24.3 Å². The monoisotopic (exact) mass is 417 g/mol. The lowest BCUT2D eigenvalue weighted by molar-refractivity contribution is 0.0642. The van der Waals surface area contributed by atoms with Gasteiger partial charge in [-0.25, -0.2) is 0 Å². The quantitative estimate of drug-likeness (QED) is 0.425. The van der Waals surface area contributed by atoms with Crippen LogP contribution in [-0.2, 0) is 13.0 Å². The van der Waals surface area contributed by atoms with Gasteiger partial charge in [-0.15, -0.1) is 0 Å². The molecule has 0 N–H and O–H groups in total. The molecule has 0 bridgehead atoms. The van der Waals surface area contributed by atoms with Gasteiger partial charge in [0.05, 0.1) is 17.7 Å². The SMILES string of the molecule is C=C(C)Cc1cc(CN2C(=O)c3ccccc3C2=O)ccc1I. The molecule has 0 atom stereocenters. The molecule has 0 radical (unpaired) electrons. The molecule has 0 unspecified atom stereocenters. The number of fused-ring (bicyclic) bond motifs is 1. The number of halogens is 1. The summed E-state index contributed by atoms with van der Waals surface area (Å²) in [6, 6.07) is 13.0. The van der Waals surface area contributed by atoms with E-state index < -0.39 is 0 Å². The van der Waals surface area contributed by atoms with Crippen LogP contribution >= 0.6 is 22.6 Å². The van der Waals surface area contributed by atoms with Gasteiger partial charge in [-0.2, -0.15) is 0 Å². The lowest BCUT2D eigenvalue weighted by Gasteiger charge is -2.15. The number of hydrogen-bond acceptors (Lipinski definition) is 2. The first-order valence-corrected chi connectivity index (χ1v) is 8.42. The molecule has 0 aromatic heterocycles. The molecule has 23 heavy (non-hydrogen) atoms. The maximum absolute atomic E-state index is 12.4. The van der Waals surface area contributed by atoms with Crippen LogP contribution in [0.1, 0.15) is 38.8 Å². The van der Waals surface area contributed by atoms with Gasteiger partial charge in [0.25, 0.3) is 11.8 Å². The Kier molecular flexibility index (Phi) is 4.35. The molecule has 1 aliphatic heterocycles. The van der Waals surface area contributed by atoms with Gasteiger partial charge in [0.15, 0.2) is 0 Å². The second-order valence-corrected chi connectivity index (χ2v) is 6.96. The molecule has 0 saturated heterocycles. The van der Waals surface area contributed by atoms with Gasteiger partial charge in [-0.05, 0) is 65.3 Å². The second-order valence-electron chi connectivity index (χ2n) is 5.80. The molecule has 116 valence electrons. The van der Waals surface area contributed by atoms with Crippen molar-refractivity contribution in [3.8, 4) is 0 Å². The van der Waals surface area contributed by atoms with Gasteiger partial charge in [-0.3, -0.25) is 14.5 Å². The summed E-state index contributed by atoms with van der Waals surface area (Å²) in [5, 5.41) is 0. The lowest BCUT2D eigenvalue weighted by Crippen LogP contribution is -2.29. The molecule has 2 aromatic rings. The average Bonchev–Trinajstić information content (AvgIpc) is 2.76. The number of rotatable bonds is 4. The molecule has 2 amide bonds. The fraction of sp³-hybridized carbons (Fsp3) is 0.158. The maximum atomic E-state index is 12.4. The molecular weight excluding hydrogens is 401 g/mol. The summed E-state index contributed by atoms with van der Waals surface area (Å²) in [5.74, 6) is -0.434. The second kappa shape index (κ2) is 6.28. The number of hydrogen-bond donors (Lipinski definition) is 0. The van der Waals surface area contributed by atoms with E-state index in [1.807, 2.05) is 19.1 Å². The summed E-state index contributed by atoms with van der Waals surface area (Å²) in [6.45, 7) is 6.24. The van der Waals surface area contributed by atoms with E-state index in [-0.39, 0.29) is 11.8 Å². The number of benzene rings is 2. The van der Waals surface area contributed by atoms with Crippen molar-refractivity contribution in [2.75, 3.05) is 0 Å². The van der Waals surface area contributed by atoms with Crippen molar-refractivity contribution >= 4 is 34.4 Å². The number of allylic oxidation sites excluding steroid dienone is 1. The van der Waals surface area contributed by atoms with Crippen LogP contribution in [-0.4, -0.2) is 16.7 Å². The Morgan fingerprint density at radius 3 is 2.26 bits per heavy atom. The fourth-order valence-corrected chi connectivity index (χ4v) is 3.28. The van der Waals surface area contributed by atoms with Gasteiger partial charge in [0.2, 0.25) is 0 Å². The van der Waals surface area contributed by atoms with E-state index in [0.717, 1.165) is 21.1 Å². The fourth-order valence-electron chi connectivity index (χ4n) is 2.75. The van der Waals surface area contributed by atoms with Gasteiger partial charge in [0, 0.05) is 3.57 Å². The number of carbonyl (C=O) groups excluding carboxylic acids is 2. The zero-order valence-electron chi connectivity index (χ0n) is 12.8. The van der Waals surface area contributed by atoms with E-state index in [1.165, 1.54) is 10.5 Å². The van der Waals surface area contributed by atoms with Gasteiger partial charge >= 0.3 is 0 Å². The van der Waals surface area contributed by atoms with Crippen LogP contribution < -0.4 is 0 Å². The molecule has 3 rings (SSSR count). The summed E-state index contributed by atoms with van der Waals surface area (Å²) < 4.78 is 1.16. The van der Waals surface area contributed by atoms with E-state index in [4.69, 9.17) is 0 Å². The number of carbonyl (C=O) groups is 2. The predicted molar refractivity (Wildman–Crippen MR) is 98.3 cm³/mol. The highest BCUT2D eigenvalue weighted by molar-refractivity contribution is 14.1. The van der Waals surface area contributed by atoms with Crippen LogP contribution in [0.15, 0.2) is 54.6 Å². The Morgan fingerprint density at radius 1 is 1.09 bits per heavy atom. The highest BCUT2D eigenvalue weighted by atomic mass is 127. The van der Waals surface area contributed by atoms with Crippen molar-refractivity contribution in [2.45, 2.75) is 19.9 Å². The lowest BCUT2D eigenvalue weighted by atomic mass is 10.0. The average molecular weight is 417 g/mol. The first-order chi connectivity index (χ1) is 11.0. The van der Waals surface area contributed by atoms with Crippen molar-refractivity contribution in [2.24, 2.45) is 0 Å². The highest BCUT2D eigenvalue weighted by Crippen LogP contribution is 2.25. The van der Waals surface area contributed by atoms with Crippen molar-refractivity contribution in [1.82, 2.24) is 4.90 Å². The molecule has 2 aromatic carbocycles. The van der Waals surface area contributed by atoms with Crippen molar-refractivity contribution in [1.29, 1.82) is 0 Å². The highest BCUT2D eigenvalue weighted by Gasteiger charge is 2.34. The molecular formula is C19H16INO2. The Morgan fingerprint density at radius 2 is 1.70 bits per heavy atom. The van der Waals surface area contributed by atoms with Crippen molar-refractivity contribution < 1.29 is 9.59 Å². The number of amides is 2. The largest absolute Gasteiger partial charge is 0.270 e. The van der Waals surface area contributed by atoms with Crippen LogP contribution in [0.25, 0.3) is 0 Å². The van der Waals surface area contributed by atoms with Crippen LogP contribution in [0, 0.1) is 3.57 Å². The molecule has 1 aliphatic rings. The van der Waals surface area contributed by atoms with Gasteiger partial charge in [0.1, 0.15) is 0 Å². The molecule has 0 spiro atoms. The minimum absolute atomic E-state index is 0.217. The Hall–Kier alpha value is -1.95. The number of nitrogens with zero attached hydrogens (tertiary/aromatic N) is 1. The summed E-state index contributed by atoms with van der Waals surface area (Å²) in [6.07, 6.45) is 0.800. The van der Waals surface area contributed by atoms with E-state index in [2.05, 4.69) is 35.2 Å². The first kappa shape index (κ1) is 15.9. The molecule has 4 heteroatoms. The topological polar surface area (TPSA) is 37.4 Å². The Bertz CT molecular complexity index is 791. The van der Waals surface area contributed by atoms with Gasteiger partial charge in [-0.1, -0.05) is 36.4 Å². The third-order valence-electron chi connectivity index (χ3n) is 3.82. The Balaban J connectivity index is 1.87. The van der Waals surface area contributed by atoms with Gasteiger partial charge < -0.3 is 0 Å². The Labute approximate surface area is 149 Å². The van der Waals surface area contributed by atoms with Crippen LogP contribution in [0.2, 0.25) is 0 Å². The molecule has 0 fully saturated rings. The number of imide groups is 1. The van der Waals surface area contributed by atoms with E-state index in [9.17, 15) is 9.59 Å². The third-order valence-corrected chi connectivity index (χ3v) is 4.87.